The van der Waals surface area contributed by atoms with Gasteiger partial charge in [0.15, 0.2) is 5.16 Å². The van der Waals surface area contributed by atoms with Gasteiger partial charge in [-0.2, -0.15) is 5.26 Å². The normalized spacial score (nSPS) is 10.7. The summed E-state index contributed by atoms with van der Waals surface area (Å²) in [6.07, 6.45) is 0. The predicted octanol–water partition coefficient (Wildman–Crippen LogP) is 3.76. The zero-order valence-electron chi connectivity index (χ0n) is 14.5. The molecule has 2 aromatic rings. The van der Waals surface area contributed by atoms with Gasteiger partial charge in [-0.3, -0.25) is 4.79 Å². The van der Waals surface area contributed by atoms with Crippen molar-refractivity contribution in [3.8, 4) is 6.07 Å². The number of thioether (sulfide) groups is 1. The lowest BCUT2D eigenvalue weighted by molar-refractivity contribution is -0.113. The van der Waals surface area contributed by atoms with Crippen LogP contribution in [-0.2, 0) is 11.3 Å². The van der Waals surface area contributed by atoms with Crippen molar-refractivity contribution >= 4 is 23.4 Å². The molecule has 0 aliphatic heterocycles. The smallest absolute Gasteiger partial charge is 0.234 e. The average molecular weight is 342 g/mol. The fourth-order valence-corrected chi connectivity index (χ4v) is 3.17. The van der Waals surface area contributed by atoms with E-state index < -0.39 is 0 Å². The van der Waals surface area contributed by atoms with Gasteiger partial charge in [0.1, 0.15) is 0 Å². The van der Waals surface area contributed by atoms with E-state index in [1.54, 1.807) is 24.3 Å². The monoisotopic (exact) mass is 342 g/mol. The number of nitrogens with zero attached hydrogens (tertiary/aromatic N) is 3. The third kappa shape index (κ3) is 4.62. The third-order valence-corrected chi connectivity index (χ3v) is 4.58. The topological polar surface area (TPSA) is 70.7 Å². The lowest BCUT2D eigenvalue weighted by atomic mass is 10.2. The second kappa shape index (κ2) is 8.02. The van der Waals surface area contributed by atoms with E-state index in [4.69, 9.17) is 5.26 Å². The molecular formula is C18H22N4OS. The molecule has 1 aromatic carbocycles. The Kier molecular flexibility index (Phi) is 6.04. The van der Waals surface area contributed by atoms with Gasteiger partial charge in [0.2, 0.25) is 5.91 Å². The van der Waals surface area contributed by atoms with E-state index in [0.717, 1.165) is 23.1 Å². The summed E-state index contributed by atoms with van der Waals surface area (Å²) in [5, 5.41) is 12.5. The van der Waals surface area contributed by atoms with Crippen LogP contribution in [0.15, 0.2) is 29.4 Å². The van der Waals surface area contributed by atoms with Gasteiger partial charge >= 0.3 is 0 Å². The number of aromatic nitrogens is 2. The molecule has 1 N–H and O–H groups in total. The Labute approximate surface area is 147 Å². The molecule has 0 spiro atoms. The number of hydrogen-bond acceptors (Lipinski definition) is 4. The number of imidazole rings is 1. The number of benzene rings is 1. The van der Waals surface area contributed by atoms with Crippen LogP contribution in [0.3, 0.4) is 0 Å². The van der Waals surface area contributed by atoms with E-state index in [2.05, 4.69) is 41.7 Å². The maximum atomic E-state index is 12.1. The van der Waals surface area contributed by atoms with Gasteiger partial charge in [-0.25, -0.2) is 4.98 Å². The molecule has 1 aromatic heterocycles. The molecule has 0 saturated heterocycles. The van der Waals surface area contributed by atoms with Crippen molar-refractivity contribution in [1.29, 1.82) is 5.26 Å². The zero-order valence-corrected chi connectivity index (χ0v) is 15.3. The largest absolute Gasteiger partial charge is 0.325 e. The SMILES string of the molecule is Cc1nc(SCC(=O)Nc2ccc(C#N)cc2)n(CC(C)C)c1C. The zero-order chi connectivity index (χ0) is 17.7. The first-order valence-electron chi connectivity index (χ1n) is 7.87. The summed E-state index contributed by atoms with van der Waals surface area (Å²) >= 11 is 1.45. The summed E-state index contributed by atoms with van der Waals surface area (Å²) in [7, 11) is 0. The van der Waals surface area contributed by atoms with Crippen molar-refractivity contribution in [2.45, 2.75) is 39.4 Å². The molecule has 1 heterocycles. The van der Waals surface area contributed by atoms with E-state index in [1.807, 2.05) is 6.92 Å². The van der Waals surface area contributed by atoms with Crippen molar-refractivity contribution in [2.75, 3.05) is 11.1 Å². The molecule has 1 amide bonds. The van der Waals surface area contributed by atoms with Crippen molar-refractivity contribution in [3.05, 3.63) is 41.2 Å². The van der Waals surface area contributed by atoms with Gasteiger partial charge in [-0.15, -0.1) is 0 Å². The van der Waals surface area contributed by atoms with Crippen molar-refractivity contribution in [2.24, 2.45) is 5.92 Å². The maximum Gasteiger partial charge on any atom is 0.234 e. The minimum Gasteiger partial charge on any atom is -0.325 e. The number of nitrogens with one attached hydrogen (secondary N) is 1. The highest BCUT2D eigenvalue weighted by atomic mass is 32.2. The van der Waals surface area contributed by atoms with Crippen LogP contribution >= 0.6 is 11.8 Å². The van der Waals surface area contributed by atoms with Crippen molar-refractivity contribution in [3.63, 3.8) is 0 Å². The minimum atomic E-state index is -0.0842. The van der Waals surface area contributed by atoms with Crippen LogP contribution in [0.25, 0.3) is 0 Å². The molecule has 2 rings (SSSR count). The van der Waals surface area contributed by atoms with Crippen molar-refractivity contribution in [1.82, 2.24) is 9.55 Å². The summed E-state index contributed by atoms with van der Waals surface area (Å²) in [5.74, 6) is 0.733. The molecule has 0 atom stereocenters. The Balaban J connectivity index is 1.98. The lowest BCUT2D eigenvalue weighted by Gasteiger charge is -2.12. The van der Waals surface area contributed by atoms with Crippen LogP contribution < -0.4 is 5.32 Å². The molecule has 5 nitrogen and oxygen atoms in total. The number of anilines is 1. The highest BCUT2D eigenvalue weighted by Gasteiger charge is 2.14. The minimum absolute atomic E-state index is 0.0842. The molecule has 0 bridgehead atoms. The van der Waals surface area contributed by atoms with E-state index in [0.29, 0.717) is 22.9 Å². The number of rotatable bonds is 6. The van der Waals surface area contributed by atoms with Gasteiger partial charge in [0, 0.05) is 17.9 Å². The molecule has 0 aliphatic rings. The first kappa shape index (κ1) is 18.1. The molecule has 0 fully saturated rings. The number of carbonyl (C=O) groups excluding carboxylic acids is 1. The van der Waals surface area contributed by atoms with Gasteiger partial charge in [-0.1, -0.05) is 25.6 Å². The van der Waals surface area contributed by atoms with Crippen LogP contribution in [0.2, 0.25) is 0 Å². The lowest BCUT2D eigenvalue weighted by Crippen LogP contribution is -2.15. The third-order valence-electron chi connectivity index (χ3n) is 3.60. The quantitative estimate of drug-likeness (QED) is 0.812. The fourth-order valence-electron chi connectivity index (χ4n) is 2.27. The standard InChI is InChI=1S/C18H22N4OS/c1-12(2)10-22-14(4)13(3)20-18(22)24-11-17(23)21-16-7-5-15(9-19)6-8-16/h5-8,12H,10-11H2,1-4H3,(H,21,23). The second-order valence-corrected chi connectivity index (χ2v) is 7.04. The molecule has 24 heavy (non-hydrogen) atoms. The summed E-state index contributed by atoms with van der Waals surface area (Å²) in [4.78, 5) is 16.7. The van der Waals surface area contributed by atoms with Crippen LogP contribution in [-0.4, -0.2) is 21.2 Å². The van der Waals surface area contributed by atoms with Gasteiger partial charge in [-0.05, 0) is 44.0 Å². The average Bonchev–Trinajstić information content (AvgIpc) is 2.81. The maximum absolute atomic E-state index is 12.1. The van der Waals surface area contributed by atoms with E-state index in [-0.39, 0.29) is 5.91 Å². The van der Waals surface area contributed by atoms with Gasteiger partial charge in [0.25, 0.3) is 0 Å². The molecule has 0 unspecified atom stereocenters. The number of carbonyl (C=O) groups is 1. The van der Waals surface area contributed by atoms with E-state index in [9.17, 15) is 4.79 Å². The number of amides is 1. The second-order valence-electron chi connectivity index (χ2n) is 6.10. The summed E-state index contributed by atoms with van der Waals surface area (Å²) < 4.78 is 2.18. The Morgan fingerprint density at radius 1 is 1.33 bits per heavy atom. The highest BCUT2D eigenvalue weighted by molar-refractivity contribution is 7.99. The van der Waals surface area contributed by atoms with E-state index in [1.165, 1.54) is 11.8 Å². The summed E-state index contributed by atoms with van der Waals surface area (Å²) in [6, 6.07) is 8.89. The Morgan fingerprint density at radius 3 is 2.58 bits per heavy atom. The van der Waals surface area contributed by atoms with Crippen molar-refractivity contribution < 1.29 is 4.79 Å². The van der Waals surface area contributed by atoms with Gasteiger partial charge in [0.05, 0.1) is 23.1 Å². The predicted molar refractivity (Wildman–Crippen MR) is 97.0 cm³/mol. The molecule has 6 heteroatoms. The van der Waals surface area contributed by atoms with Crippen LogP contribution in [0.5, 0.6) is 0 Å². The fraction of sp³-hybridized carbons (Fsp3) is 0.389. The Morgan fingerprint density at radius 2 is 2.00 bits per heavy atom. The van der Waals surface area contributed by atoms with Crippen LogP contribution in [0.1, 0.15) is 30.8 Å². The summed E-state index contributed by atoms with van der Waals surface area (Å²) in [6.45, 7) is 9.28. The van der Waals surface area contributed by atoms with Crippen LogP contribution in [0, 0.1) is 31.1 Å². The first-order valence-corrected chi connectivity index (χ1v) is 8.85. The molecule has 126 valence electrons. The molecule has 0 radical (unpaired) electrons. The Hall–Kier alpha value is -2.26. The van der Waals surface area contributed by atoms with E-state index >= 15 is 0 Å². The van der Waals surface area contributed by atoms with Gasteiger partial charge < -0.3 is 9.88 Å². The number of nitriles is 1. The number of aryl methyl sites for hydroxylation is 1. The molecule has 0 aliphatic carbocycles. The Bertz CT molecular complexity index is 757. The molecule has 0 saturated carbocycles. The summed E-state index contributed by atoms with van der Waals surface area (Å²) in [5.41, 5.74) is 3.42. The van der Waals surface area contributed by atoms with Crippen LogP contribution in [0.4, 0.5) is 5.69 Å². The molecular weight excluding hydrogens is 320 g/mol. The first-order chi connectivity index (χ1) is 11.4. The highest BCUT2D eigenvalue weighted by Crippen LogP contribution is 2.22. The number of hydrogen-bond donors (Lipinski definition) is 1.